The summed E-state index contributed by atoms with van der Waals surface area (Å²) in [6.07, 6.45) is -42.4. The van der Waals surface area contributed by atoms with E-state index in [1.165, 1.54) is 13.8 Å². The van der Waals surface area contributed by atoms with Gasteiger partial charge in [-0.3, -0.25) is 0 Å². The van der Waals surface area contributed by atoms with Crippen molar-refractivity contribution in [1.82, 2.24) is 0 Å². The Bertz CT molecular complexity index is 2430. The van der Waals surface area contributed by atoms with Gasteiger partial charge in [0.1, 0.15) is 128 Å². The molecule has 12 rings (SSSR count). The van der Waals surface area contributed by atoms with Gasteiger partial charge >= 0.3 is 0 Å². The quantitative estimate of drug-likeness (QED) is 0.0687. The topological polar surface area (TPSA) is 453 Å². The Kier molecular flexibility index (Phi) is 21.3. The Hall–Kier alpha value is -1.20. The van der Waals surface area contributed by atoms with Crippen LogP contribution in [0.2, 0.25) is 0 Å². The van der Waals surface area contributed by atoms with E-state index in [0.29, 0.717) is 49.0 Å². The van der Waals surface area contributed by atoms with Crippen LogP contribution >= 0.6 is 0 Å². The molecule has 41 unspecified atom stereocenters. The first-order valence-corrected chi connectivity index (χ1v) is 33.5. The van der Waals surface area contributed by atoms with Crippen LogP contribution in [0.3, 0.4) is 0 Å². The van der Waals surface area contributed by atoms with E-state index in [2.05, 4.69) is 27.7 Å². The van der Waals surface area contributed by atoms with Gasteiger partial charge in [-0.25, -0.2) is 0 Å². The minimum atomic E-state index is -2.19. The van der Waals surface area contributed by atoms with Crippen molar-refractivity contribution in [2.24, 2.45) is 52.3 Å². The lowest BCUT2D eigenvalue weighted by Crippen LogP contribution is -2.69. The molecule has 0 aromatic heterocycles. The largest absolute Gasteiger partial charge is 0.394 e. The smallest absolute Gasteiger partial charge is 0.187 e. The molecule has 12 fully saturated rings. The molecule has 16 N–H and O–H groups in total. The van der Waals surface area contributed by atoms with E-state index in [0.717, 1.165) is 51.4 Å². The molecule has 92 heavy (non-hydrogen) atoms. The second-order valence-corrected chi connectivity index (χ2v) is 29.5. The summed E-state index contributed by atoms with van der Waals surface area (Å²) >= 11 is 0. The minimum absolute atomic E-state index is 0.0550. The maximum absolute atomic E-state index is 12.3. The zero-order chi connectivity index (χ0) is 65.9. The van der Waals surface area contributed by atoms with Crippen LogP contribution in [-0.2, 0) is 66.3 Å². The molecule has 8 heterocycles. The third kappa shape index (κ3) is 12.5. The van der Waals surface area contributed by atoms with E-state index in [-0.39, 0.29) is 28.8 Å². The molecule has 30 nitrogen and oxygen atoms in total. The van der Waals surface area contributed by atoms with Gasteiger partial charge in [0.25, 0.3) is 0 Å². The van der Waals surface area contributed by atoms with Gasteiger partial charge < -0.3 is 148 Å². The Morgan fingerprint density at radius 2 is 0.967 bits per heavy atom. The first kappa shape index (κ1) is 70.7. The summed E-state index contributed by atoms with van der Waals surface area (Å²) in [6, 6.07) is 0. The van der Waals surface area contributed by atoms with Crippen molar-refractivity contribution in [2.75, 3.05) is 33.0 Å². The summed E-state index contributed by atoms with van der Waals surface area (Å²) in [4.78, 5) is 0. The summed E-state index contributed by atoms with van der Waals surface area (Å²) in [5, 5.41) is 177. The average molecular weight is 1330 g/mol. The van der Waals surface area contributed by atoms with E-state index >= 15 is 0 Å². The maximum Gasteiger partial charge on any atom is 0.187 e. The second kappa shape index (κ2) is 27.7. The fourth-order valence-electron chi connectivity index (χ4n) is 18.7. The Morgan fingerprint density at radius 3 is 1.64 bits per heavy atom. The van der Waals surface area contributed by atoms with Gasteiger partial charge in [0.15, 0.2) is 43.5 Å². The highest BCUT2D eigenvalue weighted by Gasteiger charge is 2.70. The molecule has 530 valence electrons. The van der Waals surface area contributed by atoms with Crippen molar-refractivity contribution >= 4 is 0 Å². The Labute approximate surface area is 533 Å². The highest BCUT2D eigenvalue weighted by Crippen LogP contribution is 2.71. The van der Waals surface area contributed by atoms with Crippen LogP contribution in [0, 0.1) is 52.3 Å². The molecule has 0 aromatic rings. The first-order valence-electron chi connectivity index (χ1n) is 33.5. The van der Waals surface area contributed by atoms with Crippen molar-refractivity contribution < 1.29 is 148 Å². The van der Waals surface area contributed by atoms with E-state index < -0.39 is 216 Å². The molecule has 0 amide bonds. The first-order chi connectivity index (χ1) is 43.7. The molecule has 12 aliphatic rings. The third-order valence-corrected chi connectivity index (χ3v) is 24.2. The highest BCUT2D eigenvalue weighted by atomic mass is 16.8. The van der Waals surface area contributed by atoms with Crippen LogP contribution in [0.4, 0.5) is 0 Å². The zero-order valence-corrected chi connectivity index (χ0v) is 52.9. The Balaban J connectivity index is 0.795. The van der Waals surface area contributed by atoms with Crippen molar-refractivity contribution in [3.05, 3.63) is 0 Å². The number of aliphatic hydroxyl groups is 16. The number of fused-ring (bicyclic) bond motifs is 7. The number of rotatable bonds is 15. The number of ether oxygens (including phenoxy) is 14. The van der Waals surface area contributed by atoms with Crippen LogP contribution < -0.4 is 0 Å². The lowest BCUT2D eigenvalue weighted by Gasteiger charge is -2.61. The normalized spacial score (nSPS) is 58.0. The molecule has 30 heteroatoms. The van der Waals surface area contributed by atoms with Gasteiger partial charge in [-0.1, -0.05) is 27.7 Å². The van der Waals surface area contributed by atoms with Crippen LogP contribution in [0.25, 0.3) is 0 Å². The molecular weight excluding hydrogens is 1220 g/mol. The van der Waals surface area contributed by atoms with Crippen molar-refractivity contribution in [2.45, 2.75) is 302 Å². The molecule has 0 radical (unpaired) electrons. The minimum Gasteiger partial charge on any atom is -0.394 e. The van der Waals surface area contributed by atoms with E-state index in [1.807, 2.05) is 0 Å². The maximum atomic E-state index is 12.3. The molecule has 0 aromatic carbocycles. The predicted molar refractivity (Wildman–Crippen MR) is 305 cm³/mol. The van der Waals surface area contributed by atoms with Crippen molar-refractivity contribution in [3.63, 3.8) is 0 Å². The summed E-state index contributed by atoms with van der Waals surface area (Å²) < 4.78 is 86.9. The molecule has 0 bridgehead atoms. The van der Waals surface area contributed by atoms with Crippen LogP contribution in [0.5, 0.6) is 0 Å². The van der Waals surface area contributed by atoms with Gasteiger partial charge in [0.05, 0.1) is 57.5 Å². The lowest BCUT2D eigenvalue weighted by molar-refractivity contribution is -0.409. The van der Waals surface area contributed by atoms with E-state index in [9.17, 15) is 81.7 Å². The lowest BCUT2D eigenvalue weighted by atomic mass is 9.44. The van der Waals surface area contributed by atoms with Crippen LogP contribution in [-0.4, -0.2) is 311 Å². The monoisotopic (exact) mass is 1330 g/mol. The predicted octanol–water partition coefficient (Wildman–Crippen LogP) is -4.57. The van der Waals surface area contributed by atoms with Gasteiger partial charge in [-0.2, -0.15) is 0 Å². The zero-order valence-electron chi connectivity index (χ0n) is 52.9. The molecular formula is C62H102O30. The van der Waals surface area contributed by atoms with Gasteiger partial charge in [-0.05, 0) is 118 Å². The summed E-state index contributed by atoms with van der Waals surface area (Å²) in [5.74, 6) is 2.33. The van der Waals surface area contributed by atoms with Crippen LogP contribution in [0.15, 0.2) is 0 Å². The number of hydrogen-bond acceptors (Lipinski definition) is 30. The van der Waals surface area contributed by atoms with Gasteiger partial charge in [-0.15, -0.1) is 0 Å². The second-order valence-electron chi connectivity index (χ2n) is 29.5. The molecule has 4 saturated carbocycles. The van der Waals surface area contributed by atoms with Gasteiger partial charge in [0.2, 0.25) is 0 Å². The van der Waals surface area contributed by atoms with Crippen LogP contribution in [0.1, 0.15) is 106 Å². The third-order valence-electron chi connectivity index (χ3n) is 24.2. The molecule has 4 aliphatic carbocycles. The summed E-state index contributed by atoms with van der Waals surface area (Å²) in [7, 11) is 0. The highest BCUT2D eigenvalue weighted by molar-refractivity contribution is 5.16. The van der Waals surface area contributed by atoms with E-state index in [4.69, 9.17) is 66.3 Å². The molecule has 8 aliphatic heterocycles. The van der Waals surface area contributed by atoms with E-state index in [1.54, 1.807) is 0 Å². The Morgan fingerprint density at radius 1 is 0.413 bits per heavy atom. The summed E-state index contributed by atoms with van der Waals surface area (Å²) in [6.45, 7) is 9.86. The number of aliphatic hydroxyl groups excluding tert-OH is 16. The molecule has 1 spiro atoms. The average Bonchev–Trinajstić information content (AvgIpc) is 1.51. The standard InChI is InChI=1S/C62H102O30/c1-22-9-14-62(80-20-22)23(2)36-32(92-62)16-30-28-8-7-26-15-27(10-12-60(26,5)29(28)11-13-61(30,36)6)83-59-53(91-56-47(77)44(74)49(25(4)82-56)87-54-45(75)38(68)31(66)21-79-54)51(41(71)35(19-65)86-59)89-57-48(78)50(40(70)34(18-64)84-57)88-58-52(43(73)39(69)33(17-63)85-58)90-55-46(76)42(72)37(67)24(3)81-55/h22-59,63-78H,7-21H2,1-6H3. The van der Waals surface area contributed by atoms with Crippen molar-refractivity contribution in [3.8, 4) is 0 Å². The van der Waals surface area contributed by atoms with Crippen molar-refractivity contribution in [1.29, 1.82) is 0 Å². The number of hydrogen-bond donors (Lipinski definition) is 16. The SMILES string of the molecule is CC1CCC2(OC1)OC1CC3C4CCC5CC(OC6OC(CO)C(O)C(OC7OC(CO)C(O)C(OC8OC(CO)C(O)C(O)C8OC8OC(C)C(O)C(O)C8O)C7O)C6OC6OC(C)C(OC7OCC(O)C(O)C7O)C(O)C6O)CCC5(C)C4CCC3(C)C1C2C. The molecule has 41 atom stereocenters. The summed E-state index contributed by atoms with van der Waals surface area (Å²) in [5.41, 5.74) is 0.0565. The fraction of sp³-hybridized carbons (Fsp3) is 1.00. The fourth-order valence-corrected chi connectivity index (χ4v) is 18.7. The molecule has 8 saturated heterocycles. The van der Waals surface area contributed by atoms with Gasteiger partial charge in [0, 0.05) is 12.3 Å².